The van der Waals surface area contributed by atoms with Gasteiger partial charge in [0.1, 0.15) is 18.1 Å². The maximum Gasteiger partial charge on any atom is 0.257 e. The number of amides is 2. The van der Waals surface area contributed by atoms with Crippen molar-refractivity contribution < 1.29 is 23.5 Å². The van der Waals surface area contributed by atoms with Gasteiger partial charge in [-0.1, -0.05) is 48.5 Å². The number of hydrogen-bond acceptors (Lipinski definition) is 5. The van der Waals surface area contributed by atoms with Crippen molar-refractivity contribution in [1.82, 2.24) is 14.5 Å². The van der Waals surface area contributed by atoms with Crippen molar-refractivity contribution in [2.45, 2.75) is 25.9 Å². The van der Waals surface area contributed by atoms with Crippen LogP contribution in [0.3, 0.4) is 0 Å². The molecule has 2 amide bonds. The van der Waals surface area contributed by atoms with Gasteiger partial charge >= 0.3 is 0 Å². The summed E-state index contributed by atoms with van der Waals surface area (Å²) in [6.45, 7) is 2.91. The third-order valence-electron chi connectivity index (χ3n) is 6.61. The van der Waals surface area contributed by atoms with E-state index < -0.39 is 17.6 Å². The van der Waals surface area contributed by atoms with Crippen molar-refractivity contribution in [3.8, 4) is 22.7 Å². The second-order valence-corrected chi connectivity index (χ2v) is 9.46. The molecule has 2 heterocycles. The summed E-state index contributed by atoms with van der Waals surface area (Å²) in [5.41, 5.74) is 2.20. The summed E-state index contributed by atoms with van der Waals surface area (Å²) in [5, 5.41) is 2.87. The van der Waals surface area contributed by atoms with Gasteiger partial charge in [0.15, 0.2) is 0 Å². The minimum Gasteiger partial charge on any atom is -0.494 e. The van der Waals surface area contributed by atoms with E-state index in [9.17, 15) is 14.0 Å². The molecule has 1 aromatic heterocycles. The van der Waals surface area contributed by atoms with E-state index in [4.69, 9.17) is 14.5 Å². The fraction of sp³-hybridized carbons (Fsp3) is 0.258. The zero-order valence-electron chi connectivity index (χ0n) is 22.3. The Bertz CT molecular complexity index is 1470. The van der Waals surface area contributed by atoms with Crippen molar-refractivity contribution in [2.24, 2.45) is 0 Å². The number of imidazole rings is 1. The predicted octanol–water partition coefficient (Wildman–Crippen LogP) is 5.34. The summed E-state index contributed by atoms with van der Waals surface area (Å²) in [5.74, 6) is -0.697. The predicted molar refractivity (Wildman–Crippen MR) is 150 cm³/mol. The molecule has 0 saturated carbocycles. The number of benzene rings is 3. The Kier molecular flexibility index (Phi) is 8.51. The van der Waals surface area contributed by atoms with Gasteiger partial charge in [-0.05, 0) is 44.0 Å². The quantitative estimate of drug-likeness (QED) is 0.293. The van der Waals surface area contributed by atoms with Gasteiger partial charge in [0.05, 0.1) is 29.7 Å². The molecule has 1 atom stereocenters. The van der Waals surface area contributed by atoms with Crippen LogP contribution in [0.5, 0.6) is 5.75 Å². The topological polar surface area (TPSA) is 85.7 Å². The second-order valence-electron chi connectivity index (χ2n) is 9.46. The molecule has 0 bridgehead atoms. The summed E-state index contributed by atoms with van der Waals surface area (Å²) in [4.78, 5) is 32.8. The van der Waals surface area contributed by atoms with Crippen LogP contribution in [0, 0.1) is 5.82 Å². The molecule has 0 radical (unpaired) electrons. The van der Waals surface area contributed by atoms with E-state index in [1.807, 2.05) is 67.7 Å². The normalized spacial score (nSPS) is 14.6. The number of hydrogen-bond donors (Lipinski definition) is 1. The van der Waals surface area contributed by atoms with Gasteiger partial charge in [0.2, 0.25) is 11.9 Å². The maximum atomic E-state index is 14.5. The third-order valence-corrected chi connectivity index (χ3v) is 6.61. The van der Waals surface area contributed by atoms with Crippen LogP contribution in [0.15, 0.2) is 85.1 Å². The van der Waals surface area contributed by atoms with Crippen LogP contribution >= 0.6 is 0 Å². The minimum absolute atomic E-state index is 0.0890. The molecular weight excluding hydrogens is 511 g/mol. The molecule has 206 valence electrons. The Labute approximate surface area is 232 Å². The molecule has 1 fully saturated rings. The van der Waals surface area contributed by atoms with Crippen LogP contribution in [0.25, 0.3) is 16.9 Å². The number of nitrogens with one attached hydrogen (secondary N) is 1. The molecule has 0 spiro atoms. The molecule has 5 rings (SSSR count). The molecule has 1 aliphatic heterocycles. The van der Waals surface area contributed by atoms with Crippen molar-refractivity contribution in [2.75, 3.05) is 31.6 Å². The highest BCUT2D eigenvalue weighted by Crippen LogP contribution is 2.26. The van der Waals surface area contributed by atoms with Gasteiger partial charge in [-0.3, -0.25) is 19.5 Å². The number of halogens is 1. The van der Waals surface area contributed by atoms with E-state index in [1.54, 1.807) is 10.6 Å². The van der Waals surface area contributed by atoms with E-state index in [2.05, 4.69) is 5.32 Å². The Morgan fingerprint density at radius 3 is 2.65 bits per heavy atom. The highest BCUT2D eigenvalue weighted by molar-refractivity contribution is 5.99. The number of nitrogens with zero attached hydrogens (tertiary/aromatic N) is 3. The summed E-state index contributed by atoms with van der Waals surface area (Å²) >= 11 is 0. The lowest BCUT2D eigenvalue weighted by Crippen LogP contribution is -2.42. The molecule has 1 saturated heterocycles. The Morgan fingerprint density at radius 2 is 1.90 bits per heavy atom. The molecule has 4 aromatic rings. The largest absolute Gasteiger partial charge is 0.494 e. The Balaban J connectivity index is 1.43. The fourth-order valence-corrected chi connectivity index (χ4v) is 4.70. The first-order valence-corrected chi connectivity index (χ1v) is 13.3. The zero-order chi connectivity index (χ0) is 27.9. The molecule has 0 aliphatic carbocycles. The van der Waals surface area contributed by atoms with E-state index >= 15 is 0 Å². The Hall–Kier alpha value is -4.50. The molecular formula is C31H31FN4O4. The Morgan fingerprint density at radius 1 is 1.10 bits per heavy atom. The monoisotopic (exact) mass is 542 g/mol. The van der Waals surface area contributed by atoms with Crippen molar-refractivity contribution in [1.29, 1.82) is 0 Å². The van der Waals surface area contributed by atoms with E-state index in [0.29, 0.717) is 24.7 Å². The maximum absolute atomic E-state index is 14.5. The highest BCUT2D eigenvalue weighted by Gasteiger charge is 2.27. The van der Waals surface area contributed by atoms with Gasteiger partial charge in [0, 0.05) is 31.0 Å². The van der Waals surface area contributed by atoms with Gasteiger partial charge in [0.25, 0.3) is 5.91 Å². The van der Waals surface area contributed by atoms with E-state index in [1.165, 1.54) is 23.1 Å². The number of carbonyl (C=O) groups is 2. The first-order valence-electron chi connectivity index (χ1n) is 13.3. The van der Waals surface area contributed by atoms with E-state index in [-0.39, 0.29) is 30.7 Å². The lowest BCUT2D eigenvalue weighted by atomic mass is 10.1. The molecule has 3 aromatic carbocycles. The van der Waals surface area contributed by atoms with Crippen LogP contribution in [-0.2, 0) is 9.53 Å². The molecule has 40 heavy (non-hydrogen) atoms. The van der Waals surface area contributed by atoms with Crippen LogP contribution in [-0.4, -0.2) is 58.7 Å². The average Bonchev–Trinajstić information content (AvgIpc) is 3.64. The fourth-order valence-electron chi connectivity index (χ4n) is 4.70. The van der Waals surface area contributed by atoms with Gasteiger partial charge in [-0.15, -0.1) is 0 Å². The number of ether oxygens (including phenoxy) is 2. The van der Waals surface area contributed by atoms with Crippen molar-refractivity contribution >= 4 is 17.8 Å². The zero-order valence-corrected chi connectivity index (χ0v) is 22.3. The van der Waals surface area contributed by atoms with Gasteiger partial charge < -0.3 is 14.4 Å². The summed E-state index contributed by atoms with van der Waals surface area (Å²) in [6, 6.07) is 22.9. The van der Waals surface area contributed by atoms with Gasteiger partial charge in [-0.2, -0.15) is 0 Å². The van der Waals surface area contributed by atoms with Crippen LogP contribution in [0.2, 0.25) is 0 Å². The lowest BCUT2D eigenvalue weighted by Gasteiger charge is -2.25. The van der Waals surface area contributed by atoms with Crippen molar-refractivity contribution in [3.63, 3.8) is 0 Å². The van der Waals surface area contributed by atoms with Crippen LogP contribution in [0.1, 0.15) is 30.1 Å². The minimum atomic E-state index is -0.637. The highest BCUT2D eigenvalue weighted by atomic mass is 19.1. The molecule has 1 N–H and O–H groups in total. The summed E-state index contributed by atoms with van der Waals surface area (Å²) in [6.07, 6.45) is 3.27. The number of rotatable bonds is 10. The first kappa shape index (κ1) is 27.1. The number of aromatic nitrogens is 2. The standard InChI is InChI=1S/C31H31FN4O4/c1-2-39-24-13-8-12-23(18-24)36-20-28(22-10-4-3-5-11-22)33-31(36)34-29(37)21-35(19-25-14-9-17-40-25)30(38)26-15-6-7-16-27(26)32/h3-8,10-13,15-16,18,20,25H,2,9,14,17,19,21H2,1H3,(H,33,34,37)/t25-/m1/s1. The van der Waals surface area contributed by atoms with Crippen LogP contribution in [0.4, 0.5) is 10.3 Å². The molecule has 1 aliphatic rings. The SMILES string of the molecule is CCOc1cccc(-n2cc(-c3ccccc3)nc2NC(=O)CN(C[C@H]2CCCO2)C(=O)c2ccccc2F)c1. The number of carbonyl (C=O) groups excluding carboxylic acids is 2. The van der Waals surface area contributed by atoms with Gasteiger partial charge in [-0.25, -0.2) is 9.37 Å². The summed E-state index contributed by atoms with van der Waals surface area (Å²) < 4.78 is 27.6. The lowest BCUT2D eigenvalue weighted by molar-refractivity contribution is -0.117. The number of anilines is 1. The second kappa shape index (κ2) is 12.6. The first-order chi connectivity index (χ1) is 19.5. The van der Waals surface area contributed by atoms with E-state index in [0.717, 1.165) is 24.1 Å². The molecule has 0 unspecified atom stereocenters. The smallest absolute Gasteiger partial charge is 0.257 e. The van der Waals surface area contributed by atoms with Crippen molar-refractivity contribution in [3.05, 3.63) is 96.4 Å². The van der Waals surface area contributed by atoms with Crippen LogP contribution < -0.4 is 10.1 Å². The average molecular weight is 543 g/mol. The molecule has 8 nitrogen and oxygen atoms in total. The molecule has 9 heteroatoms. The summed E-state index contributed by atoms with van der Waals surface area (Å²) in [7, 11) is 0. The third kappa shape index (κ3) is 6.38.